The van der Waals surface area contributed by atoms with E-state index < -0.39 is 10.0 Å². The van der Waals surface area contributed by atoms with Crippen LogP contribution in [0.4, 0.5) is 0 Å². The zero-order valence-corrected chi connectivity index (χ0v) is 12.8. The highest BCUT2D eigenvalue weighted by molar-refractivity contribution is 8.00. The predicted molar refractivity (Wildman–Crippen MR) is 77.6 cm³/mol. The van der Waals surface area contributed by atoms with E-state index in [1.165, 1.54) is 17.8 Å². The van der Waals surface area contributed by atoms with E-state index in [9.17, 15) is 8.42 Å². The van der Waals surface area contributed by atoms with Crippen LogP contribution in [0.2, 0.25) is 0 Å². The van der Waals surface area contributed by atoms with Crippen LogP contribution in [0, 0.1) is 6.92 Å². The molecule has 2 heterocycles. The molecule has 1 saturated heterocycles. The SMILES string of the molecule is Cc1cc(S(=O)(=O)NCC2CCCS2)sc1CN. The second-order valence-electron chi connectivity index (χ2n) is 4.36. The molecule has 102 valence electrons. The minimum Gasteiger partial charge on any atom is -0.326 e. The van der Waals surface area contributed by atoms with Gasteiger partial charge in [0.2, 0.25) is 10.0 Å². The van der Waals surface area contributed by atoms with E-state index in [0.29, 0.717) is 22.5 Å². The van der Waals surface area contributed by atoms with Gasteiger partial charge >= 0.3 is 0 Å². The summed E-state index contributed by atoms with van der Waals surface area (Å²) in [7, 11) is -3.36. The zero-order chi connectivity index (χ0) is 13.2. The largest absolute Gasteiger partial charge is 0.326 e. The molecule has 1 atom stereocenters. The standard InChI is InChI=1S/C11H18N2O2S3/c1-8-5-11(17-10(8)6-12)18(14,15)13-7-9-3-2-4-16-9/h5,9,13H,2-4,6-7,12H2,1H3. The fourth-order valence-electron chi connectivity index (χ4n) is 1.90. The number of thioether (sulfide) groups is 1. The summed E-state index contributed by atoms with van der Waals surface area (Å²) in [5, 5.41) is 0.426. The molecule has 0 spiro atoms. The summed E-state index contributed by atoms with van der Waals surface area (Å²) < 4.78 is 27.3. The Labute approximate surface area is 116 Å². The predicted octanol–water partition coefficient (Wildman–Crippen LogP) is 1.69. The first kappa shape index (κ1) is 14.3. The monoisotopic (exact) mass is 306 g/mol. The van der Waals surface area contributed by atoms with Gasteiger partial charge in [-0.3, -0.25) is 0 Å². The van der Waals surface area contributed by atoms with Gasteiger partial charge in [-0.05, 0) is 37.1 Å². The smallest absolute Gasteiger partial charge is 0.250 e. The molecule has 0 aromatic carbocycles. The first-order valence-corrected chi connectivity index (χ1v) is 9.28. The van der Waals surface area contributed by atoms with Crippen molar-refractivity contribution in [2.24, 2.45) is 5.73 Å². The Morgan fingerprint density at radius 3 is 2.89 bits per heavy atom. The molecule has 1 aliphatic heterocycles. The number of thiophene rings is 1. The van der Waals surface area contributed by atoms with Crippen LogP contribution in [-0.2, 0) is 16.6 Å². The maximum atomic E-state index is 12.1. The molecule has 3 N–H and O–H groups in total. The van der Waals surface area contributed by atoms with E-state index in [1.54, 1.807) is 6.07 Å². The third-order valence-corrected chi connectivity index (χ3v) is 7.53. The molecule has 1 aromatic rings. The van der Waals surface area contributed by atoms with E-state index in [1.807, 2.05) is 18.7 Å². The van der Waals surface area contributed by atoms with Gasteiger partial charge in [0.05, 0.1) is 0 Å². The van der Waals surface area contributed by atoms with Crippen LogP contribution < -0.4 is 10.5 Å². The summed E-state index contributed by atoms with van der Waals surface area (Å²) in [6.45, 7) is 2.82. The van der Waals surface area contributed by atoms with Crippen LogP contribution in [-0.4, -0.2) is 26.0 Å². The van der Waals surface area contributed by atoms with Crippen molar-refractivity contribution in [1.82, 2.24) is 4.72 Å². The van der Waals surface area contributed by atoms with Gasteiger partial charge in [-0.2, -0.15) is 11.8 Å². The summed E-state index contributed by atoms with van der Waals surface area (Å²) in [4.78, 5) is 0.936. The number of nitrogens with two attached hydrogens (primary N) is 1. The molecule has 7 heteroatoms. The average Bonchev–Trinajstić information content (AvgIpc) is 2.95. The van der Waals surface area contributed by atoms with Crippen molar-refractivity contribution in [3.05, 3.63) is 16.5 Å². The summed E-state index contributed by atoms with van der Waals surface area (Å²) in [5.41, 5.74) is 6.53. The molecule has 0 bridgehead atoms. The molecule has 4 nitrogen and oxygen atoms in total. The molecule has 1 unspecified atom stereocenters. The Hall–Kier alpha value is -0.0800. The summed E-state index contributed by atoms with van der Waals surface area (Å²) in [6, 6.07) is 1.71. The first-order valence-electron chi connectivity index (χ1n) is 5.93. The summed E-state index contributed by atoms with van der Waals surface area (Å²) in [6.07, 6.45) is 2.29. The highest BCUT2D eigenvalue weighted by Crippen LogP contribution is 2.28. The quantitative estimate of drug-likeness (QED) is 0.868. The minimum absolute atomic E-state index is 0.378. The number of nitrogens with one attached hydrogen (secondary N) is 1. The van der Waals surface area contributed by atoms with Gasteiger partial charge in [-0.25, -0.2) is 13.1 Å². The van der Waals surface area contributed by atoms with Crippen molar-refractivity contribution in [3.8, 4) is 0 Å². The Bertz CT molecular complexity index is 504. The van der Waals surface area contributed by atoms with Gasteiger partial charge in [0, 0.05) is 23.2 Å². The van der Waals surface area contributed by atoms with E-state index in [0.717, 1.165) is 22.6 Å². The van der Waals surface area contributed by atoms with Crippen molar-refractivity contribution < 1.29 is 8.42 Å². The lowest BCUT2D eigenvalue weighted by Crippen LogP contribution is -2.29. The van der Waals surface area contributed by atoms with Crippen LogP contribution >= 0.6 is 23.1 Å². The van der Waals surface area contributed by atoms with E-state index in [2.05, 4.69) is 4.72 Å². The first-order chi connectivity index (χ1) is 8.53. The topological polar surface area (TPSA) is 72.2 Å². The molecular weight excluding hydrogens is 288 g/mol. The van der Waals surface area contributed by atoms with Crippen LogP contribution in [0.5, 0.6) is 0 Å². The Kier molecular flexibility index (Phi) is 4.71. The van der Waals surface area contributed by atoms with Gasteiger partial charge in [0.15, 0.2) is 0 Å². The molecule has 1 fully saturated rings. The molecule has 0 saturated carbocycles. The number of hydrogen-bond acceptors (Lipinski definition) is 5. The van der Waals surface area contributed by atoms with Gasteiger partial charge in [0.25, 0.3) is 0 Å². The maximum Gasteiger partial charge on any atom is 0.250 e. The maximum absolute atomic E-state index is 12.1. The van der Waals surface area contributed by atoms with E-state index >= 15 is 0 Å². The van der Waals surface area contributed by atoms with Gasteiger partial charge in [-0.1, -0.05) is 0 Å². The van der Waals surface area contributed by atoms with Crippen molar-refractivity contribution in [2.75, 3.05) is 12.3 Å². The molecule has 0 amide bonds. The third-order valence-electron chi connectivity index (χ3n) is 2.97. The molecule has 1 aromatic heterocycles. The summed E-state index contributed by atoms with van der Waals surface area (Å²) in [5.74, 6) is 1.14. The second kappa shape index (κ2) is 5.92. The van der Waals surface area contributed by atoms with Crippen LogP contribution in [0.25, 0.3) is 0 Å². The Balaban J connectivity index is 2.04. The Morgan fingerprint density at radius 2 is 2.33 bits per heavy atom. The highest BCUT2D eigenvalue weighted by atomic mass is 32.2. The van der Waals surface area contributed by atoms with Crippen molar-refractivity contribution in [2.45, 2.75) is 35.8 Å². The molecule has 0 radical (unpaired) electrons. The van der Waals surface area contributed by atoms with Crippen LogP contribution in [0.15, 0.2) is 10.3 Å². The fourth-order valence-corrected chi connectivity index (χ4v) is 5.80. The normalized spacial score (nSPS) is 20.4. The molecule has 18 heavy (non-hydrogen) atoms. The lowest BCUT2D eigenvalue weighted by Gasteiger charge is -2.09. The lowest BCUT2D eigenvalue weighted by molar-refractivity contribution is 0.581. The molecular formula is C11H18N2O2S3. The number of hydrogen-bond donors (Lipinski definition) is 2. The van der Waals surface area contributed by atoms with Gasteiger partial charge in [0.1, 0.15) is 4.21 Å². The molecule has 1 aliphatic rings. The van der Waals surface area contributed by atoms with E-state index in [4.69, 9.17) is 5.73 Å². The lowest BCUT2D eigenvalue weighted by atomic mass is 10.2. The van der Waals surface area contributed by atoms with Crippen molar-refractivity contribution >= 4 is 33.1 Å². The molecule has 2 rings (SSSR count). The number of aryl methyl sites for hydroxylation is 1. The number of rotatable bonds is 5. The average molecular weight is 306 g/mol. The summed E-state index contributed by atoms with van der Waals surface area (Å²) >= 11 is 3.11. The second-order valence-corrected chi connectivity index (χ2v) is 8.90. The van der Waals surface area contributed by atoms with Crippen molar-refractivity contribution in [3.63, 3.8) is 0 Å². The third kappa shape index (κ3) is 3.27. The minimum atomic E-state index is -3.36. The molecule has 0 aliphatic carbocycles. The van der Waals surface area contributed by atoms with Gasteiger partial charge in [-0.15, -0.1) is 11.3 Å². The van der Waals surface area contributed by atoms with Crippen LogP contribution in [0.3, 0.4) is 0 Å². The van der Waals surface area contributed by atoms with Crippen molar-refractivity contribution in [1.29, 1.82) is 0 Å². The highest BCUT2D eigenvalue weighted by Gasteiger charge is 2.22. The fraction of sp³-hybridized carbons (Fsp3) is 0.636. The van der Waals surface area contributed by atoms with Crippen LogP contribution in [0.1, 0.15) is 23.3 Å². The Morgan fingerprint density at radius 1 is 1.56 bits per heavy atom. The zero-order valence-electron chi connectivity index (χ0n) is 10.3. The number of sulfonamides is 1. The van der Waals surface area contributed by atoms with Gasteiger partial charge < -0.3 is 5.73 Å². The van der Waals surface area contributed by atoms with E-state index in [-0.39, 0.29) is 0 Å².